The molecular formula is C29H33FN6O3. The normalized spacial score (nSPS) is 18.2. The van der Waals surface area contributed by atoms with Gasteiger partial charge in [-0.15, -0.1) is 0 Å². The number of halogens is 1. The number of piperazine rings is 1. The lowest BCUT2D eigenvalue weighted by Gasteiger charge is -2.35. The molecule has 3 heterocycles. The van der Waals surface area contributed by atoms with Gasteiger partial charge in [0.05, 0.1) is 17.6 Å². The van der Waals surface area contributed by atoms with E-state index in [0.717, 1.165) is 31.3 Å². The molecule has 2 aromatic carbocycles. The van der Waals surface area contributed by atoms with Crippen molar-refractivity contribution in [3.63, 3.8) is 0 Å². The molecule has 0 bridgehead atoms. The van der Waals surface area contributed by atoms with Crippen molar-refractivity contribution in [1.29, 1.82) is 0 Å². The number of aromatic nitrogens is 1. The van der Waals surface area contributed by atoms with Crippen molar-refractivity contribution >= 4 is 45.2 Å². The molecule has 0 unspecified atom stereocenters. The number of nitrogens with zero attached hydrogens (tertiary/aromatic N) is 3. The first-order valence-corrected chi connectivity index (χ1v) is 13.3. The van der Waals surface area contributed by atoms with E-state index < -0.39 is 11.7 Å². The Bertz CT molecular complexity index is 1510. The molecule has 0 saturated carbocycles. The Hall–Kier alpha value is -4.10. The minimum Gasteiger partial charge on any atom is -0.369 e. The highest BCUT2D eigenvalue weighted by Crippen LogP contribution is 2.39. The lowest BCUT2D eigenvalue weighted by molar-refractivity contribution is -0.117. The fourth-order valence-corrected chi connectivity index (χ4v) is 5.69. The molecule has 3 aromatic rings. The van der Waals surface area contributed by atoms with Crippen LogP contribution >= 0.6 is 0 Å². The number of nitrogens with two attached hydrogens (primary N) is 1. The smallest absolute Gasteiger partial charge is 0.296 e. The highest BCUT2D eigenvalue weighted by molar-refractivity contribution is 6.16. The van der Waals surface area contributed by atoms with E-state index in [-0.39, 0.29) is 24.3 Å². The Morgan fingerprint density at radius 3 is 2.64 bits per heavy atom. The van der Waals surface area contributed by atoms with Gasteiger partial charge >= 0.3 is 0 Å². The Morgan fingerprint density at radius 2 is 1.92 bits per heavy atom. The summed E-state index contributed by atoms with van der Waals surface area (Å²) in [5, 5.41) is 4.31. The highest BCUT2D eigenvalue weighted by atomic mass is 19.1. The number of anilines is 1. The van der Waals surface area contributed by atoms with Gasteiger partial charge in [-0.2, -0.15) is 0 Å². The molecular weight excluding hydrogens is 499 g/mol. The summed E-state index contributed by atoms with van der Waals surface area (Å²) in [7, 11) is 2.04. The maximum Gasteiger partial charge on any atom is 0.296 e. The number of hydrogen-bond acceptors (Lipinski definition) is 5. The lowest BCUT2D eigenvalue weighted by atomic mass is 9.99. The number of rotatable bonds is 5. The quantitative estimate of drug-likeness (QED) is 0.435. The van der Waals surface area contributed by atoms with Crippen LogP contribution in [0.5, 0.6) is 0 Å². The van der Waals surface area contributed by atoms with Crippen molar-refractivity contribution in [1.82, 2.24) is 20.1 Å². The van der Waals surface area contributed by atoms with E-state index in [4.69, 9.17) is 5.73 Å². The monoisotopic (exact) mass is 532 g/mol. The maximum atomic E-state index is 15.8. The Balaban J connectivity index is 1.57. The minimum absolute atomic E-state index is 0.0442. The molecule has 0 radical (unpaired) electrons. The van der Waals surface area contributed by atoms with Gasteiger partial charge in [0.15, 0.2) is 0 Å². The fourth-order valence-electron chi connectivity index (χ4n) is 5.69. The van der Waals surface area contributed by atoms with E-state index in [1.165, 1.54) is 6.07 Å². The van der Waals surface area contributed by atoms with Crippen molar-refractivity contribution in [3.8, 4) is 11.8 Å². The first-order chi connectivity index (χ1) is 18.7. The second-order valence-corrected chi connectivity index (χ2v) is 10.4. The van der Waals surface area contributed by atoms with Gasteiger partial charge in [-0.3, -0.25) is 14.4 Å². The van der Waals surface area contributed by atoms with Gasteiger partial charge in [-0.05, 0) is 56.5 Å². The molecule has 5 rings (SSSR count). The summed E-state index contributed by atoms with van der Waals surface area (Å²) in [4.78, 5) is 46.5. The first kappa shape index (κ1) is 26.5. The number of hydrogen-bond donors (Lipinski definition) is 3. The number of carbonyl (C=O) groups excluding carboxylic acids is 3. The van der Waals surface area contributed by atoms with Gasteiger partial charge < -0.3 is 30.7 Å². The molecule has 0 aliphatic carbocycles. The lowest BCUT2D eigenvalue weighted by Crippen LogP contribution is -2.47. The zero-order chi connectivity index (χ0) is 27.7. The van der Waals surface area contributed by atoms with Crippen molar-refractivity contribution in [2.45, 2.75) is 32.2 Å². The molecule has 1 aromatic heterocycles. The van der Waals surface area contributed by atoms with Crippen LogP contribution in [0.15, 0.2) is 24.3 Å². The zero-order valence-corrected chi connectivity index (χ0v) is 22.3. The van der Waals surface area contributed by atoms with Crippen LogP contribution in [0.2, 0.25) is 0 Å². The van der Waals surface area contributed by atoms with Crippen LogP contribution in [0.25, 0.3) is 21.8 Å². The summed E-state index contributed by atoms with van der Waals surface area (Å²) in [6, 6.07) is 6.60. The highest BCUT2D eigenvalue weighted by Gasteiger charge is 2.28. The molecule has 3 amide bonds. The third-order valence-electron chi connectivity index (χ3n) is 7.60. The second-order valence-electron chi connectivity index (χ2n) is 10.4. The van der Waals surface area contributed by atoms with Gasteiger partial charge in [-0.25, -0.2) is 4.39 Å². The van der Waals surface area contributed by atoms with Crippen molar-refractivity contribution in [2.75, 3.05) is 51.2 Å². The molecule has 2 fully saturated rings. The number of H-pyrrole nitrogens is 1. The predicted octanol–water partition coefficient (Wildman–Crippen LogP) is 1.98. The van der Waals surface area contributed by atoms with Crippen LogP contribution in [0.3, 0.4) is 0 Å². The molecule has 2 saturated heterocycles. The summed E-state index contributed by atoms with van der Waals surface area (Å²) in [5.41, 5.74) is 8.21. The molecule has 10 heteroatoms. The molecule has 4 N–H and O–H groups in total. The molecule has 1 atom stereocenters. The molecule has 2 aliphatic rings. The number of nitrogens with one attached hydrogen (secondary N) is 2. The average molecular weight is 533 g/mol. The number of carbonyl (C=O) groups is 3. The number of aromatic amines is 1. The van der Waals surface area contributed by atoms with Gasteiger partial charge in [0, 0.05) is 67.2 Å². The van der Waals surface area contributed by atoms with E-state index in [1.807, 2.05) is 22.9 Å². The van der Waals surface area contributed by atoms with E-state index in [9.17, 15) is 14.4 Å². The first-order valence-electron chi connectivity index (χ1n) is 13.3. The van der Waals surface area contributed by atoms with Gasteiger partial charge in [0.1, 0.15) is 5.82 Å². The fraction of sp³-hybridized carbons (Fsp3) is 0.414. The number of fused-ring (bicyclic) bond motifs is 3. The summed E-state index contributed by atoms with van der Waals surface area (Å²) < 4.78 is 15.8. The number of piperidine rings is 1. The largest absolute Gasteiger partial charge is 0.369 e. The Labute approximate surface area is 226 Å². The molecule has 39 heavy (non-hydrogen) atoms. The van der Waals surface area contributed by atoms with E-state index in [0.29, 0.717) is 59.4 Å². The summed E-state index contributed by atoms with van der Waals surface area (Å²) in [6.45, 7) is 5.60. The van der Waals surface area contributed by atoms with Crippen molar-refractivity contribution < 1.29 is 18.8 Å². The van der Waals surface area contributed by atoms with E-state index in [1.54, 1.807) is 19.1 Å². The SMILES string of the molecule is CC#CC(=O)N[C@H]1CCCN(c2c(F)cc(CC(N)=O)c3[nH]c4cc(C(=O)N5CCN(C)CC5)ccc4c23)C1. The number of benzene rings is 2. The third kappa shape index (κ3) is 5.40. The minimum atomic E-state index is -0.564. The van der Waals surface area contributed by atoms with E-state index >= 15 is 4.39 Å². The number of amides is 3. The standard InChI is InChI=1S/C29H33FN6O3/c1-3-5-25(38)32-20-6-4-9-36(17-20)28-22(30)14-19(16-24(31)37)27-26(28)21-8-7-18(15-23(21)33-27)29(39)35-12-10-34(2)11-13-35/h7-8,14-15,20,33H,4,6,9-13,16-17H2,1-2H3,(H2,31,37)(H,32,38)/t20-/m0/s1. The summed E-state index contributed by atoms with van der Waals surface area (Å²) in [6.07, 6.45) is 1.41. The van der Waals surface area contributed by atoms with Crippen LogP contribution in [-0.2, 0) is 16.0 Å². The van der Waals surface area contributed by atoms with E-state index in [2.05, 4.69) is 27.0 Å². The van der Waals surface area contributed by atoms with Gasteiger partial charge in [0.2, 0.25) is 5.91 Å². The Kier molecular flexibility index (Phi) is 7.44. The number of primary amides is 1. The van der Waals surface area contributed by atoms with Crippen LogP contribution in [-0.4, -0.2) is 84.9 Å². The number of likely N-dealkylation sites (N-methyl/N-ethyl adjacent to an activating group) is 1. The zero-order valence-electron chi connectivity index (χ0n) is 22.3. The second kappa shape index (κ2) is 10.9. The molecule has 9 nitrogen and oxygen atoms in total. The molecule has 2 aliphatic heterocycles. The third-order valence-corrected chi connectivity index (χ3v) is 7.60. The summed E-state index contributed by atoms with van der Waals surface area (Å²) in [5.74, 6) is 3.68. The van der Waals surface area contributed by atoms with Gasteiger partial charge in [0.25, 0.3) is 11.8 Å². The van der Waals surface area contributed by atoms with Crippen LogP contribution in [0.1, 0.15) is 35.7 Å². The summed E-state index contributed by atoms with van der Waals surface area (Å²) >= 11 is 0. The Morgan fingerprint density at radius 1 is 1.15 bits per heavy atom. The molecule has 0 spiro atoms. The van der Waals surface area contributed by atoms with Crippen LogP contribution in [0, 0.1) is 17.7 Å². The average Bonchev–Trinajstić information content (AvgIpc) is 3.28. The van der Waals surface area contributed by atoms with Gasteiger partial charge in [-0.1, -0.05) is 12.0 Å². The van der Waals surface area contributed by atoms with Crippen LogP contribution < -0.4 is 16.0 Å². The molecule has 204 valence electrons. The van der Waals surface area contributed by atoms with Crippen molar-refractivity contribution in [3.05, 3.63) is 41.2 Å². The topological polar surface area (TPSA) is 115 Å². The van der Waals surface area contributed by atoms with Crippen molar-refractivity contribution in [2.24, 2.45) is 5.73 Å². The van der Waals surface area contributed by atoms with Crippen LogP contribution in [0.4, 0.5) is 10.1 Å². The predicted molar refractivity (Wildman–Crippen MR) is 149 cm³/mol. The maximum absolute atomic E-state index is 15.8.